The average Bonchev–Trinajstić information content (AvgIpc) is 2.00. The third-order valence-electron chi connectivity index (χ3n) is 1.65. The molecule has 0 fully saturated rings. The van der Waals surface area contributed by atoms with Crippen molar-refractivity contribution in [2.45, 2.75) is 15.8 Å². The molecule has 1 rings (SSSR count). The maximum Gasteiger partial charge on any atom is 0.440 e. The summed E-state index contributed by atoms with van der Waals surface area (Å²) < 4.78 is 40.0. The van der Waals surface area contributed by atoms with Gasteiger partial charge >= 0.3 is 6.18 Å². The molecule has 9 heteroatoms. The van der Waals surface area contributed by atoms with Crippen molar-refractivity contribution in [3.05, 3.63) is 12.0 Å². The molecule has 1 atom stereocenters. The first-order chi connectivity index (χ1) is 6.62. The smallest absolute Gasteiger partial charge is 0.440 e. The van der Waals surface area contributed by atoms with Crippen LogP contribution in [0.1, 0.15) is 0 Å². The maximum absolute atomic E-state index is 12.5. The van der Waals surface area contributed by atoms with Crippen molar-refractivity contribution in [3.63, 3.8) is 0 Å². The van der Waals surface area contributed by atoms with Gasteiger partial charge in [-0.2, -0.15) is 13.2 Å². The summed E-state index contributed by atoms with van der Waals surface area (Å²) in [4.78, 5) is 0. The van der Waals surface area contributed by atoms with E-state index in [1.54, 1.807) is 5.32 Å². The second-order valence-corrected chi connectivity index (χ2v) is 4.61. The van der Waals surface area contributed by atoms with Gasteiger partial charge in [-0.3, -0.25) is 0 Å². The van der Waals surface area contributed by atoms with Crippen molar-refractivity contribution in [2.75, 3.05) is 7.11 Å². The predicted molar refractivity (Wildman–Crippen MR) is 50.4 cm³/mol. The third kappa shape index (κ3) is 2.38. The molecule has 0 aliphatic carbocycles. The first-order valence-corrected chi connectivity index (χ1v) is 4.71. The first kappa shape index (κ1) is 13.0. The predicted octanol–water partition coefficient (Wildman–Crippen LogP) is 2.25. The third-order valence-corrected chi connectivity index (χ3v) is 2.63. The maximum atomic E-state index is 12.5. The molecule has 88 valence electrons. The molecule has 0 bridgehead atoms. The second kappa shape index (κ2) is 3.76. The fraction of sp³-hybridized carbons (Fsp3) is 0.667. The second-order valence-electron chi connectivity index (χ2n) is 2.71. The van der Waals surface area contributed by atoms with Gasteiger partial charge in [0.2, 0.25) is 4.46 Å². The van der Waals surface area contributed by atoms with Crippen molar-refractivity contribution in [2.24, 2.45) is 0 Å². The molecule has 2 N–H and O–H groups in total. The molecule has 1 aliphatic heterocycles. The summed E-state index contributed by atoms with van der Waals surface area (Å²) in [7, 11) is 1.21. The molecule has 0 radical (unpaired) electrons. The Bertz CT molecular complexity index is 294. The van der Waals surface area contributed by atoms with E-state index in [2.05, 4.69) is 4.74 Å². The zero-order chi connectivity index (χ0) is 11.9. The standard InChI is InChI=1S/C6H6Cl3F3N2O/c1-15-3-2-13-5(9,6(10,11)12)14-4(3,7)8/h2,13-14H,1H3. The molecule has 0 amide bonds. The summed E-state index contributed by atoms with van der Waals surface area (Å²) in [6, 6.07) is 0. The van der Waals surface area contributed by atoms with Crippen LogP contribution in [0.4, 0.5) is 13.2 Å². The van der Waals surface area contributed by atoms with E-state index >= 15 is 0 Å². The van der Waals surface area contributed by atoms with Crippen molar-refractivity contribution in [1.82, 2.24) is 10.6 Å². The van der Waals surface area contributed by atoms with Crippen molar-refractivity contribution < 1.29 is 17.9 Å². The van der Waals surface area contributed by atoms with Crippen LogP contribution in [0.5, 0.6) is 0 Å². The van der Waals surface area contributed by atoms with Gasteiger partial charge in [0.15, 0.2) is 5.76 Å². The number of ether oxygens (including phenoxy) is 1. The summed E-state index contributed by atoms with van der Waals surface area (Å²) in [5, 5.41) is 0.724. The van der Waals surface area contributed by atoms with E-state index in [9.17, 15) is 13.2 Å². The topological polar surface area (TPSA) is 33.3 Å². The number of nitrogens with one attached hydrogen (secondary N) is 2. The molecule has 0 saturated carbocycles. The fourth-order valence-corrected chi connectivity index (χ4v) is 1.75. The Hall–Kier alpha value is -0.0400. The van der Waals surface area contributed by atoms with Gasteiger partial charge in [0.05, 0.1) is 7.11 Å². The van der Waals surface area contributed by atoms with E-state index in [1.165, 1.54) is 7.11 Å². The van der Waals surface area contributed by atoms with Crippen LogP contribution < -0.4 is 10.6 Å². The van der Waals surface area contributed by atoms with E-state index in [0.717, 1.165) is 6.20 Å². The lowest BCUT2D eigenvalue weighted by molar-refractivity contribution is -0.179. The van der Waals surface area contributed by atoms with Crippen LogP contribution in [-0.4, -0.2) is 22.9 Å². The number of rotatable bonds is 1. The van der Waals surface area contributed by atoms with Crippen molar-refractivity contribution in [1.29, 1.82) is 0 Å². The highest BCUT2D eigenvalue weighted by molar-refractivity contribution is 6.50. The largest absolute Gasteiger partial charge is 0.495 e. The molecule has 3 nitrogen and oxygen atoms in total. The number of hydrogen-bond donors (Lipinski definition) is 2. The van der Waals surface area contributed by atoms with Gasteiger partial charge in [-0.05, 0) is 0 Å². The number of methoxy groups -OCH3 is 1. The van der Waals surface area contributed by atoms with Gasteiger partial charge in [0.25, 0.3) is 5.12 Å². The lowest BCUT2D eigenvalue weighted by atomic mass is 10.3. The van der Waals surface area contributed by atoms with Crippen LogP contribution in [0, 0.1) is 0 Å². The minimum atomic E-state index is -4.78. The molecule has 0 aromatic carbocycles. The normalized spacial score (nSPS) is 30.5. The van der Waals surface area contributed by atoms with Crippen LogP contribution >= 0.6 is 34.8 Å². The van der Waals surface area contributed by atoms with E-state index in [4.69, 9.17) is 34.8 Å². The number of alkyl halides is 6. The van der Waals surface area contributed by atoms with Crippen LogP contribution in [-0.2, 0) is 4.74 Å². The molecular weight excluding hydrogens is 279 g/mol. The minimum absolute atomic E-state index is 0.119. The van der Waals surface area contributed by atoms with E-state index < -0.39 is 15.8 Å². The molecule has 1 heterocycles. The highest BCUT2D eigenvalue weighted by Gasteiger charge is 2.59. The summed E-state index contributed by atoms with van der Waals surface area (Å²) in [6.45, 7) is 0. The minimum Gasteiger partial charge on any atom is -0.495 e. The Balaban J connectivity index is 3.02. The zero-order valence-corrected chi connectivity index (χ0v) is 9.52. The van der Waals surface area contributed by atoms with E-state index in [1.807, 2.05) is 5.32 Å². The van der Waals surface area contributed by atoms with Gasteiger partial charge < -0.3 is 10.1 Å². The fourth-order valence-electron chi connectivity index (χ4n) is 0.909. The SMILES string of the molecule is COC1=CNC(Cl)(C(F)(F)F)NC1(Cl)Cl. The highest BCUT2D eigenvalue weighted by Crippen LogP contribution is 2.40. The Morgan fingerprint density at radius 1 is 1.33 bits per heavy atom. The number of hydrogen-bond acceptors (Lipinski definition) is 3. The van der Waals surface area contributed by atoms with Crippen LogP contribution in [0.25, 0.3) is 0 Å². The highest BCUT2D eigenvalue weighted by atomic mass is 35.5. The Kier molecular flexibility index (Phi) is 3.27. The van der Waals surface area contributed by atoms with Crippen LogP contribution in [0.15, 0.2) is 12.0 Å². The summed E-state index contributed by atoms with van der Waals surface area (Å²) in [6.07, 6.45) is -3.92. The Morgan fingerprint density at radius 2 is 1.87 bits per heavy atom. The quantitative estimate of drug-likeness (QED) is 0.573. The van der Waals surface area contributed by atoms with Gasteiger partial charge in [0.1, 0.15) is 0 Å². The summed E-state index contributed by atoms with van der Waals surface area (Å²) >= 11 is 16.4. The summed E-state index contributed by atoms with van der Waals surface area (Å²) in [5.74, 6) is -0.119. The zero-order valence-electron chi connectivity index (χ0n) is 7.25. The monoisotopic (exact) mass is 284 g/mol. The van der Waals surface area contributed by atoms with E-state index in [0.29, 0.717) is 0 Å². The average molecular weight is 285 g/mol. The lowest BCUT2D eigenvalue weighted by Crippen LogP contribution is -2.68. The van der Waals surface area contributed by atoms with Gasteiger partial charge in [-0.25, -0.2) is 5.32 Å². The molecule has 0 aromatic heterocycles. The lowest BCUT2D eigenvalue weighted by Gasteiger charge is -2.40. The molecule has 1 aliphatic rings. The van der Waals surface area contributed by atoms with Crippen LogP contribution in [0.3, 0.4) is 0 Å². The van der Waals surface area contributed by atoms with Crippen LogP contribution in [0.2, 0.25) is 0 Å². The first-order valence-electron chi connectivity index (χ1n) is 3.57. The molecule has 1 unspecified atom stereocenters. The molecule has 15 heavy (non-hydrogen) atoms. The van der Waals surface area contributed by atoms with Crippen molar-refractivity contribution >= 4 is 34.8 Å². The molecule has 0 saturated heterocycles. The van der Waals surface area contributed by atoms with Gasteiger partial charge in [-0.15, -0.1) is 0 Å². The van der Waals surface area contributed by atoms with Gasteiger partial charge in [-0.1, -0.05) is 34.8 Å². The van der Waals surface area contributed by atoms with Crippen molar-refractivity contribution in [3.8, 4) is 0 Å². The van der Waals surface area contributed by atoms with E-state index in [-0.39, 0.29) is 5.76 Å². The van der Waals surface area contributed by atoms with Gasteiger partial charge in [0, 0.05) is 6.20 Å². The molecule has 0 spiro atoms. The Morgan fingerprint density at radius 3 is 2.20 bits per heavy atom. The molecular formula is C6H6Cl3F3N2O. The number of halogens is 6. The summed E-state index contributed by atoms with van der Waals surface area (Å²) in [5.41, 5.74) is 0. The molecule has 0 aromatic rings. The Labute approximate surface area is 98.5 Å².